The molecule has 2 saturated heterocycles. The van der Waals surface area contributed by atoms with Crippen LogP contribution in [0.3, 0.4) is 0 Å². The monoisotopic (exact) mass is 434 g/mol. The fourth-order valence-electron chi connectivity index (χ4n) is 3.84. The van der Waals surface area contributed by atoms with Crippen molar-refractivity contribution in [2.24, 2.45) is 0 Å². The zero-order valence-electron chi connectivity index (χ0n) is 18.5. The highest BCUT2D eigenvalue weighted by atomic mass is 16.7. The van der Waals surface area contributed by atoms with E-state index < -0.39 is 48.2 Å². The van der Waals surface area contributed by atoms with Gasteiger partial charge in [-0.1, -0.05) is 30.3 Å². The van der Waals surface area contributed by atoms with Crippen molar-refractivity contribution in [3.63, 3.8) is 0 Å². The highest BCUT2D eigenvalue weighted by Gasteiger charge is 2.52. The van der Waals surface area contributed by atoms with E-state index in [9.17, 15) is 14.4 Å². The minimum atomic E-state index is -0.791. The van der Waals surface area contributed by atoms with Gasteiger partial charge in [-0.3, -0.25) is 14.5 Å². The Morgan fingerprint density at radius 1 is 1.13 bits per heavy atom. The van der Waals surface area contributed by atoms with Crippen molar-refractivity contribution in [1.29, 1.82) is 0 Å². The number of hydrogen-bond donors (Lipinski definition) is 1. The van der Waals surface area contributed by atoms with E-state index in [0.717, 1.165) is 5.56 Å². The van der Waals surface area contributed by atoms with Crippen LogP contribution in [0.4, 0.5) is 4.79 Å². The molecule has 2 heterocycles. The first kappa shape index (κ1) is 23.0. The minimum absolute atomic E-state index is 0.0936. The third kappa shape index (κ3) is 5.74. The number of piperidine rings is 1. The summed E-state index contributed by atoms with van der Waals surface area (Å²) in [6, 6.07) is 8.14. The van der Waals surface area contributed by atoms with Crippen LogP contribution in [0.5, 0.6) is 0 Å². The highest BCUT2D eigenvalue weighted by Crippen LogP contribution is 2.35. The van der Waals surface area contributed by atoms with Crippen molar-refractivity contribution in [1.82, 2.24) is 10.2 Å². The molecule has 170 valence electrons. The molecule has 1 N–H and O–H groups in total. The van der Waals surface area contributed by atoms with Gasteiger partial charge in [0.2, 0.25) is 5.91 Å². The Kier molecular flexibility index (Phi) is 6.86. The average molecular weight is 434 g/mol. The van der Waals surface area contributed by atoms with E-state index in [0.29, 0.717) is 0 Å². The van der Waals surface area contributed by atoms with Crippen LogP contribution in [0, 0.1) is 0 Å². The number of hydrogen-bond acceptors (Lipinski definition) is 7. The predicted octanol–water partition coefficient (Wildman–Crippen LogP) is 2.16. The summed E-state index contributed by atoms with van der Waals surface area (Å²) in [6.45, 7) is 8.25. The van der Waals surface area contributed by atoms with E-state index in [1.54, 1.807) is 20.8 Å². The van der Waals surface area contributed by atoms with E-state index in [4.69, 9.17) is 18.9 Å². The van der Waals surface area contributed by atoms with Crippen LogP contribution in [-0.2, 0) is 28.5 Å². The van der Waals surface area contributed by atoms with Crippen molar-refractivity contribution in [3.8, 4) is 0 Å². The van der Waals surface area contributed by atoms with E-state index in [1.165, 1.54) is 18.7 Å². The molecule has 3 rings (SSSR count). The second-order valence-electron chi connectivity index (χ2n) is 8.76. The molecule has 31 heavy (non-hydrogen) atoms. The van der Waals surface area contributed by atoms with Gasteiger partial charge in [-0.15, -0.1) is 0 Å². The molecule has 0 spiro atoms. The molecule has 2 fully saturated rings. The number of rotatable bonds is 3. The second-order valence-corrected chi connectivity index (χ2v) is 8.76. The number of amides is 2. The van der Waals surface area contributed by atoms with Crippen LogP contribution in [-0.4, -0.2) is 65.9 Å². The van der Waals surface area contributed by atoms with Gasteiger partial charge in [-0.2, -0.15) is 0 Å². The van der Waals surface area contributed by atoms with E-state index in [2.05, 4.69) is 5.32 Å². The number of carbonyl (C=O) groups excluding carboxylic acids is 3. The van der Waals surface area contributed by atoms with Crippen LogP contribution >= 0.6 is 0 Å². The zero-order valence-corrected chi connectivity index (χ0v) is 18.5. The van der Waals surface area contributed by atoms with E-state index in [1.807, 2.05) is 30.3 Å². The van der Waals surface area contributed by atoms with Gasteiger partial charge in [0.15, 0.2) is 12.4 Å². The lowest BCUT2D eigenvalue weighted by atomic mass is 9.91. The molecule has 9 nitrogen and oxygen atoms in total. The number of benzene rings is 1. The smallest absolute Gasteiger partial charge is 0.410 e. The zero-order chi connectivity index (χ0) is 22.8. The maximum Gasteiger partial charge on any atom is 0.410 e. The molecule has 2 aliphatic rings. The third-order valence-corrected chi connectivity index (χ3v) is 4.98. The number of fused-ring (bicyclic) bond motifs is 1. The van der Waals surface area contributed by atoms with Gasteiger partial charge >= 0.3 is 12.1 Å². The molecule has 0 saturated carbocycles. The maximum absolute atomic E-state index is 13.0. The maximum atomic E-state index is 13.0. The lowest BCUT2D eigenvalue weighted by Gasteiger charge is -2.51. The Hall–Kier alpha value is -2.65. The normalized spacial score (nSPS) is 28.3. The van der Waals surface area contributed by atoms with Crippen LogP contribution in [0.2, 0.25) is 0 Å². The average Bonchev–Trinajstić information content (AvgIpc) is 2.67. The number of carbonyl (C=O) groups is 3. The first-order chi connectivity index (χ1) is 14.5. The Morgan fingerprint density at radius 2 is 1.81 bits per heavy atom. The van der Waals surface area contributed by atoms with E-state index in [-0.39, 0.29) is 19.1 Å². The summed E-state index contributed by atoms with van der Waals surface area (Å²) >= 11 is 0. The van der Waals surface area contributed by atoms with Crippen LogP contribution < -0.4 is 5.32 Å². The molecule has 1 aromatic rings. The fraction of sp³-hybridized carbons (Fsp3) is 0.591. The molecular formula is C22H30N2O7. The van der Waals surface area contributed by atoms with Crippen LogP contribution in [0.1, 0.15) is 46.5 Å². The molecule has 0 unspecified atom stereocenters. The Morgan fingerprint density at radius 3 is 2.39 bits per heavy atom. The number of ether oxygens (including phenoxy) is 4. The third-order valence-electron chi connectivity index (χ3n) is 4.98. The summed E-state index contributed by atoms with van der Waals surface area (Å²) in [7, 11) is 0. The van der Waals surface area contributed by atoms with Crippen molar-refractivity contribution in [2.45, 2.75) is 70.8 Å². The largest absolute Gasteiger partial charge is 0.457 e. The Balaban J connectivity index is 1.93. The molecule has 9 heteroatoms. The molecule has 0 radical (unpaired) electrons. The molecule has 5 atom stereocenters. The SMILES string of the molecule is CC(=O)N[C@H]1CN(C(=O)OC(C)(C)C)[C@@H]2CO[C@@H](c3ccccc3)O[C@H]2[C@@H]1OC(C)=O. The van der Waals surface area contributed by atoms with Gasteiger partial charge in [-0.25, -0.2) is 4.79 Å². The summed E-state index contributed by atoms with van der Waals surface area (Å²) < 4.78 is 23.3. The quantitative estimate of drug-likeness (QED) is 0.727. The summed E-state index contributed by atoms with van der Waals surface area (Å²) in [5, 5.41) is 2.79. The number of nitrogens with one attached hydrogen (secondary N) is 1. The highest BCUT2D eigenvalue weighted by molar-refractivity contribution is 5.74. The molecular weight excluding hydrogens is 404 g/mol. The number of esters is 1. The number of likely N-dealkylation sites (tertiary alicyclic amines) is 1. The first-order valence-electron chi connectivity index (χ1n) is 10.3. The lowest BCUT2D eigenvalue weighted by Crippen LogP contribution is -2.70. The van der Waals surface area contributed by atoms with Gasteiger partial charge in [0.25, 0.3) is 0 Å². The van der Waals surface area contributed by atoms with Crippen molar-refractivity contribution < 1.29 is 33.3 Å². The van der Waals surface area contributed by atoms with Gasteiger partial charge in [0.05, 0.1) is 18.7 Å². The second kappa shape index (κ2) is 9.23. The van der Waals surface area contributed by atoms with Crippen molar-refractivity contribution >= 4 is 18.0 Å². The molecule has 0 bridgehead atoms. The van der Waals surface area contributed by atoms with E-state index >= 15 is 0 Å². The molecule has 2 aliphatic heterocycles. The van der Waals surface area contributed by atoms with Gasteiger partial charge in [0, 0.05) is 26.0 Å². The fourth-order valence-corrected chi connectivity index (χ4v) is 3.84. The standard InChI is InChI=1S/C22H30N2O7/c1-13(25)23-16-11-24(21(27)31-22(3,4)5)17-12-28-20(15-9-7-6-8-10-15)30-19(17)18(16)29-14(2)26/h6-10,16-20H,11-12H2,1-5H3,(H,23,25)/t16-,17+,18+,19+,20+/m0/s1. The summed E-state index contributed by atoms with van der Waals surface area (Å²) in [6.07, 6.45) is -2.76. The summed E-state index contributed by atoms with van der Waals surface area (Å²) in [5.74, 6) is -0.812. The van der Waals surface area contributed by atoms with Crippen molar-refractivity contribution in [2.75, 3.05) is 13.2 Å². The Bertz CT molecular complexity index is 808. The van der Waals surface area contributed by atoms with Gasteiger partial charge < -0.3 is 24.3 Å². The summed E-state index contributed by atoms with van der Waals surface area (Å²) in [4.78, 5) is 38.1. The van der Waals surface area contributed by atoms with Gasteiger partial charge in [-0.05, 0) is 20.8 Å². The summed E-state index contributed by atoms with van der Waals surface area (Å²) in [5.41, 5.74) is 0.0965. The molecule has 0 aromatic heterocycles. The Labute approximate surface area is 182 Å². The van der Waals surface area contributed by atoms with Crippen molar-refractivity contribution in [3.05, 3.63) is 35.9 Å². The topological polar surface area (TPSA) is 103 Å². The predicted molar refractivity (Wildman–Crippen MR) is 110 cm³/mol. The first-order valence-corrected chi connectivity index (χ1v) is 10.3. The lowest BCUT2D eigenvalue weighted by molar-refractivity contribution is -0.277. The minimum Gasteiger partial charge on any atom is -0.457 e. The number of nitrogens with zero attached hydrogens (tertiary/aromatic N) is 1. The molecule has 2 amide bonds. The molecule has 1 aromatic carbocycles. The molecule has 0 aliphatic carbocycles. The van der Waals surface area contributed by atoms with Crippen LogP contribution in [0.25, 0.3) is 0 Å². The van der Waals surface area contributed by atoms with Gasteiger partial charge in [0.1, 0.15) is 11.7 Å². The van der Waals surface area contributed by atoms with Crippen LogP contribution in [0.15, 0.2) is 30.3 Å².